The largest absolute Gasteiger partial charge is 0.497 e. The van der Waals surface area contributed by atoms with E-state index in [1.165, 1.54) is 6.07 Å². The van der Waals surface area contributed by atoms with Gasteiger partial charge < -0.3 is 24.2 Å². The summed E-state index contributed by atoms with van der Waals surface area (Å²) in [6.07, 6.45) is 0. The highest BCUT2D eigenvalue weighted by Gasteiger charge is 2.21. The first-order valence-electron chi connectivity index (χ1n) is 9.43. The van der Waals surface area contributed by atoms with Gasteiger partial charge in [-0.2, -0.15) is 4.98 Å². The molecule has 3 aromatic carbocycles. The molecule has 4 aromatic rings. The van der Waals surface area contributed by atoms with Crippen LogP contribution in [0.15, 0.2) is 54.6 Å². The molecule has 32 heavy (non-hydrogen) atoms. The summed E-state index contributed by atoms with van der Waals surface area (Å²) in [7, 11) is -2.81. The van der Waals surface area contributed by atoms with Gasteiger partial charge in [0.15, 0.2) is 0 Å². The molecule has 1 heterocycles. The van der Waals surface area contributed by atoms with Crippen LogP contribution in [0, 0.1) is 18.8 Å². The highest BCUT2D eigenvalue weighted by Crippen LogP contribution is 2.36. The van der Waals surface area contributed by atoms with E-state index in [2.05, 4.69) is 21.8 Å². The van der Waals surface area contributed by atoms with Crippen molar-refractivity contribution in [3.63, 3.8) is 0 Å². The quantitative estimate of drug-likeness (QED) is 0.300. The van der Waals surface area contributed by atoms with Crippen molar-refractivity contribution in [2.24, 2.45) is 0 Å². The van der Waals surface area contributed by atoms with Gasteiger partial charge in [0, 0.05) is 11.1 Å². The lowest BCUT2D eigenvalue weighted by Crippen LogP contribution is -2.08. The van der Waals surface area contributed by atoms with Crippen molar-refractivity contribution in [1.82, 2.24) is 9.97 Å². The van der Waals surface area contributed by atoms with Gasteiger partial charge in [-0.05, 0) is 61.0 Å². The molecular weight excluding hydrogens is 451 g/mol. The molecule has 162 valence electrons. The van der Waals surface area contributed by atoms with E-state index in [4.69, 9.17) is 21.1 Å². The number of nitrogens with zero attached hydrogens (tertiary/aromatic N) is 1. The molecule has 0 saturated carbocycles. The van der Waals surface area contributed by atoms with Crippen LogP contribution in [0.5, 0.6) is 17.5 Å². The molecule has 0 saturated heterocycles. The van der Waals surface area contributed by atoms with Crippen LogP contribution < -0.4 is 14.8 Å². The molecule has 0 radical (unpaired) electrons. The predicted octanol–water partition coefficient (Wildman–Crippen LogP) is 4.53. The fraction of sp³-hybridized carbons (Fsp3) is 0.0870. The number of aromatic amines is 1. The third-order valence-electron chi connectivity index (χ3n) is 4.69. The number of halogens is 1. The molecule has 0 bridgehead atoms. The summed E-state index contributed by atoms with van der Waals surface area (Å²) in [4.78, 5) is 26.4. The number of imidazole rings is 1. The molecular formula is C23H18ClN2O5P. The highest BCUT2D eigenvalue weighted by atomic mass is 35.5. The number of benzene rings is 3. The SMILES string of the molecule is COc1ccc(C#Cc2cc3[nH]c(Oc4ccc(C)c(P(=O)(O)O)c4)nc3cc2Cl)cc1. The maximum Gasteiger partial charge on any atom is 0.356 e. The molecule has 0 unspecified atom stereocenters. The first kappa shape index (κ1) is 21.9. The summed E-state index contributed by atoms with van der Waals surface area (Å²) in [6, 6.07) is 15.5. The Morgan fingerprint density at radius 1 is 1.03 bits per heavy atom. The maximum absolute atomic E-state index is 11.7. The van der Waals surface area contributed by atoms with Crippen molar-refractivity contribution in [3.8, 4) is 29.4 Å². The zero-order chi connectivity index (χ0) is 22.9. The van der Waals surface area contributed by atoms with E-state index in [0.29, 0.717) is 27.2 Å². The predicted molar refractivity (Wildman–Crippen MR) is 123 cm³/mol. The zero-order valence-electron chi connectivity index (χ0n) is 17.1. The lowest BCUT2D eigenvalue weighted by atomic mass is 10.1. The Morgan fingerprint density at radius 2 is 1.75 bits per heavy atom. The lowest BCUT2D eigenvalue weighted by molar-refractivity contribution is 0.386. The third-order valence-corrected chi connectivity index (χ3v) is 6.11. The van der Waals surface area contributed by atoms with Crippen LogP contribution in [0.25, 0.3) is 11.0 Å². The maximum atomic E-state index is 11.7. The number of nitrogens with one attached hydrogen (secondary N) is 1. The van der Waals surface area contributed by atoms with Gasteiger partial charge >= 0.3 is 7.60 Å². The first-order valence-corrected chi connectivity index (χ1v) is 11.4. The average Bonchev–Trinajstić information content (AvgIpc) is 3.13. The fourth-order valence-electron chi connectivity index (χ4n) is 3.04. The van der Waals surface area contributed by atoms with Gasteiger partial charge in [-0.15, -0.1) is 0 Å². The first-order chi connectivity index (χ1) is 15.2. The molecule has 0 aliphatic heterocycles. The molecule has 4 rings (SSSR count). The molecule has 3 N–H and O–H groups in total. The monoisotopic (exact) mass is 468 g/mol. The molecule has 0 atom stereocenters. The Labute approximate surface area is 189 Å². The van der Waals surface area contributed by atoms with Gasteiger partial charge in [0.25, 0.3) is 6.01 Å². The normalized spacial score (nSPS) is 11.2. The summed E-state index contributed by atoms with van der Waals surface area (Å²) in [6.45, 7) is 1.62. The number of aryl methyl sites for hydroxylation is 1. The fourth-order valence-corrected chi connectivity index (χ4v) is 4.08. The second-order valence-electron chi connectivity index (χ2n) is 6.96. The number of H-pyrrole nitrogens is 1. The topological polar surface area (TPSA) is 105 Å². The van der Waals surface area contributed by atoms with E-state index in [1.54, 1.807) is 38.3 Å². The number of ether oxygens (including phenoxy) is 2. The Hall–Kier alpha value is -3.27. The van der Waals surface area contributed by atoms with E-state index in [0.717, 1.165) is 11.3 Å². The van der Waals surface area contributed by atoms with E-state index in [-0.39, 0.29) is 17.1 Å². The molecule has 9 heteroatoms. The Balaban J connectivity index is 1.62. The molecule has 0 amide bonds. The summed E-state index contributed by atoms with van der Waals surface area (Å²) < 4.78 is 22.5. The molecule has 0 aliphatic carbocycles. The number of fused-ring (bicyclic) bond motifs is 1. The Kier molecular flexibility index (Phi) is 5.96. The number of aromatic nitrogens is 2. The number of methoxy groups -OCH3 is 1. The van der Waals surface area contributed by atoms with Crippen LogP contribution in [0.3, 0.4) is 0 Å². The summed E-state index contributed by atoms with van der Waals surface area (Å²) >= 11 is 6.37. The van der Waals surface area contributed by atoms with Gasteiger partial charge in [-0.1, -0.05) is 29.5 Å². The molecule has 7 nitrogen and oxygen atoms in total. The van der Waals surface area contributed by atoms with Crippen LogP contribution >= 0.6 is 19.2 Å². The third kappa shape index (κ3) is 4.80. The van der Waals surface area contributed by atoms with Crippen molar-refractivity contribution in [3.05, 3.63) is 76.3 Å². The van der Waals surface area contributed by atoms with E-state index >= 15 is 0 Å². The van der Waals surface area contributed by atoms with Crippen molar-refractivity contribution in [2.75, 3.05) is 7.11 Å². The van der Waals surface area contributed by atoms with Gasteiger partial charge in [-0.3, -0.25) is 4.57 Å². The van der Waals surface area contributed by atoms with Crippen molar-refractivity contribution >= 4 is 35.5 Å². The van der Waals surface area contributed by atoms with Gasteiger partial charge in [-0.25, -0.2) is 0 Å². The summed E-state index contributed by atoms with van der Waals surface area (Å²) in [5.74, 6) is 7.11. The summed E-state index contributed by atoms with van der Waals surface area (Å²) in [5.41, 5.74) is 3.13. The Morgan fingerprint density at radius 3 is 2.44 bits per heavy atom. The lowest BCUT2D eigenvalue weighted by Gasteiger charge is -2.09. The van der Waals surface area contributed by atoms with Gasteiger partial charge in [0.2, 0.25) is 0 Å². The molecule has 0 spiro atoms. The minimum absolute atomic E-state index is 0.0924. The number of hydrogen-bond donors (Lipinski definition) is 3. The second-order valence-corrected chi connectivity index (χ2v) is 8.94. The average molecular weight is 469 g/mol. The van der Waals surface area contributed by atoms with Gasteiger partial charge in [0.1, 0.15) is 11.5 Å². The smallest absolute Gasteiger partial charge is 0.356 e. The van der Waals surface area contributed by atoms with E-state index < -0.39 is 7.60 Å². The van der Waals surface area contributed by atoms with E-state index in [1.807, 2.05) is 24.3 Å². The Bertz CT molecular complexity index is 1410. The molecule has 0 fully saturated rings. The zero-order valence-corrected chi connectivity index (χ0v) is 18.7. The second kappa shape index (κ2) is 8.70. The van der Waals surface area contributed by atoms with E-state index in [9.17, 15) is 14.4 Å². The van der Waals surface area contributed by atoms with Crippen LogP contribution in [0.1, 0.15) is 16.7 Å². The minimum Gasteiger partial charge on any atom is -0.497 e. The number of rotatable bonds is 4. The van der Waals surface area contributed by atoms with Crippen LogP contribution in [-0.4, -0.2) is 26.9 Å². The number of hydrogen-bond acceptors (Lipinski definition) is 4. The van der Waals surface area contributed by atoms with Crippen molar-refractivity contribution < 1.29 is 23.8 Å². The van der Waals surface area contributed by atoms with Crippen molar-refractivity contribution in [2.45, 2.75) is 6.92 Å². The van der Waals surface area contributed by atoms with Crippen LogP contribution in [0.2, 0.25) is 5.02 Å². The summed E-state index contributed by atoms with van der Waals surface area (Å²) in [5, 5.41) is 0.348. The molecule has 0 aliphatic rings. The molecule has 1 aromatic heterocycles. The van der Waals surface area contributed by atoms with Gasteiger partial charge in [0.05, 0.1) is 28.5 Å². The van der Waals surface area contributed by atoms with Crippen LogP contribution in [0.4, 0.5) is 0 Å². The standard InChI is InChI=1S/C23H18ClN2O5P/c1-14-3-8-18(12-22(14)32(27,28)29)31-23-25-20-11-16(19(24)13-21(20)26-23)7-4-15-5-9-17(30-2)10-6-15/h3,5-6,8-13H,1-2H3,(H,25,26)(H2,27,28,29). The van der Waals surface area contributed by atoms with Crippen molar-refractivity contribution in [1.29, 1.82) is 0 Å². The highest BCUT2D eigenvalue weighted by molar-refractivity contribution is 7.60. The van der Waals surface area contributed by atoms with Crippen LogP contribution in [-0.2, 0) is 4.57 Å². The minimum atomic E-state index is -4.42.